The zero-order valence-corrected chi connectivity index (χ0v) is 15.6. The topological polar surface area (TPSA) is 58.9 Å². The zero-order valence-electron chi connectivity index (χ0n) is 14.0. The van der Waals surface area contributed by atoms with E-state index in [0.29, 0.717) is 35.8 Å². The SMILES string of the molecule is CCS[C@@H](C)CC1CC(=O)C(/C(CC)=N/OC/C=C/Cl)=C(O)C1. The Hall–Kier alpha value is -0.940. The molecule has 1 N–H and O–H groups in total. The number of nitrogens with zero attached hydrogens (tertiary/aromatic N) is 1. The van der Waals surface area contributed by atoms with Gasteiger partial charge in [-0.05, 0) is 30.6 Å². The van der Waals surface area contributed by atoms with E-state index in [1.165, 1.54) is 5.54 Å². The van der Waals surface area contributed by atoms with Gasteiger partial charge in [-0.1, -0.05) is 37.5 Å². The average Bonchev–Trinajstić information content (AvgIpc) is 2.49. The van der Waals surface area contributed by atoms with Crippen LogP contribution < -0.4 is 0 Å². The van der Waals surface area contributed by atoms with Crippen molar-refractivity contribution in [2.24, 2.45) is 11.1 Å². The van der Waals surface area contributed by atoms with Gasteiger partial charge < -0.3 is 9.94 Å². The van der Waals surface area contributed by atoms with Gasteiger partial charge in [0.2, 0.25) is 0 Å². The van der Waals surface area contributed by atoms with E-state index < -0.39 is 0 Å². The van der Waals surface area contributed by atoms with Crippen molar-refractivity contribution in [3.05, 3.63) is 22.9 Å². The van der Waals surface area contributed by atoms with E-state index in [-0.39, 0.29) is 24.1 Å². The third-order valence-corrected chi connectivity index (χ3v) is 4.97. The summed E-state index contributed by atoms with van der Waals surface area (Å²) >= 11 is 7.30. The van der Waals surface area contributed by atoms with Crippen LogP contribution in [0, 0.1) is 5.92 Å². The van der Waals surface area contributed by atoms with Gasteiger partial charge in [-0.15, -0.1) is 0 Å². The Morgan fingerprint density at radius 2 is 2.26 bits per heavy atom. The van der Waals surface area contributed by atoms with Crippen molar-refractivity contribution in [1.29, 1.82) is 0 Å². The summed E-state index contributed by atoms with van der Waals surface area (Å²) in [5.74, 6) is 1.38. The van der Waals surface area contributed by atoms with Crippen LogP contribution in [0.5, 0.6) is 0 Å². The van der Waals surface area contributed by atoms with Gasteiger partial charge in [0.25, 0.3) is 0 Å². The molecule has 0 aromatic carbocycles. The number of aliphatic hydroxyl groups is 1. The maximum atomic E-state index is 12.4. The molecule has 23 heavy (non-hydrogen) atoms. The second-order valence-corrected chi connectivity index (χ2v) is 7.54. The average molecular weight is 360 g/mol. The molecule has 0 radical (unpaired) electrons. The molecule has 1 unspecified atom stereocenters. The second kappa shape index (κ2) is 10.8. The first-order valence-electron chi connectivity index (χ1n) is 8.04. The maximum absolute atomic E-state index is 12.4. The molecule has 4 nitrogen and oxygen atoms in total. The van der Waals surface area contributed by atoms with Crippen molar-refractivity contribution < 1.29 is 14.7 Å². The largest absolute Gasteiger partial charge is 0.511 e. The number of carbonyl (C=O) groups excluding carboxylic acids is 1. The number of Topliss-reactive ketones (excluding diaryl/α,β-unsaturated/α-hetero) is 1. The molecule has 0 aromatic heterocycles. The quantitative estimate of drug-likeness (QED) is 0.363. The van der Waals surface area contributed by atoms with Crippen LogP contribution in [0.25, 0.3) is 0 Å². The minimum Gasteiger partial charge on any atom is -0.511 e. The number of rotatable bonds is 9. The summed E-state index contributed by atoms with van der Waals surface area (Å²) in [4.78, 5) is 17.6. The smallest absolute Gasteiger partial charge is 0.168 e. The maximum Gasteiger partial charge on any atom is 0.168 e. The van der Waals surface area contributed by atoms with Crippen molar-refractivity contribution in [3.63, 3.8) is 0 Å². The Morgan fingerprint density at radius 3 is 2.83 bits per heavy atom. The number of aliphatic hydroxyl groups excluding tert-OH is 1. The van der Waals surface area contributed by atoms with E-state index in [0.717, 1.165) is 12.2 Å². The highest BCUT2D eigenvalue weighted by molar-refractivity contribution is 7.99. The molecule has 0 fully saturated rings. The van der Waals surface area contributed by atoms with Crippen molar-refractivity contribution in [3.8, 4) is 0 Å². The molecule has 2 atom stereocenters. The van der Waals surface area contributed by atoms with Gasteiger partial charge in [0, 0.05) is 23.6 Å². The number of oxime groups is 1. The summed E-state index contributed by atoms with van der Waals surface area (Å²) in [6.45, 7) is 6.43. The van der Waals surface area contributed by atoms with E-state index in [9.17, 15) is 9.90 Å². The summed E-state index contributed by atoms with van der Waals surface area (Å²) < 4.78 is 0. The molecule has 0 aromatic rings. The summed E-state index contributed by atoms with van der Waals surface area (Å²) in [7, 11) is 0. The minimum absolute atomic E-state index is 0.0375. The molecule has 0 amide bonds. The number of hydrogen-bond donors (Lipinski definition) is 1. The van der Waals surface area contributed by atoms with Crippen LogP contribution >= 0.6 is 23.4 Å². The monoisotopic (exact) mass is 359 g/mol. The molecule has 1 rings (SSSR count). The molecule has 130 valence electrons. The second-order valence-electron chi connectivity index (χ2n) is 5.57. The van der Waals surface area contributed by atoms with Gasteiger partial charge in [0.05, 0.1) is 11.3 Å². The molecule has 0 saturated carbocycles. The molecule has 0 spiro atoms. The van der Waals surface area contributed by atoms with Gasteiger partial charge in [-0.25, -0.2) is 0 Å². The molecular weight excluding hydrogens is 334 g/mol. The third kappa shape index (κ3) is 6.60. The highest BCUT2D eigenvalue weighted by Crippen LogP contribution is 2.32. The molecule has 0 heterocycles. The van der Waals surface area contributed by atoms with Crippen molar-refractivity contribution >= 4 is 34.9 Å². The van der Waals surface area contributed by atoms with Crippen LogP contribution in [-0.2, 0) is 9.63 Å². The Morgan fingerprint density at radius 1 is 1.52 bits per heavy atom. The van der Waals surface area contributed by atoms with Gasteiger partial charge in [-0.3, -0.25) is 4.79 Å². The Labute approximate surface area is 148 Å². The van der Waals surface area contributed by atoms with E-state index >= 15 is 0 Å². The van der Waals surface area contributed by atoms with Crippen LogP contribution in [0.3, 0.4) is 0 Å². The molecule has 1 aliphatic rings. The van der Waals surface area contributed by atoms with Crippen LogP contribution in [-0.4, -0.2) is 34.2 Å². The fourth-order valence-electron chi connectivity index (χ4n) is 2.77. The highest BCUT2D eigenvalue weighted by atomic mass is 35.5. The normalized spacial score (nSPS) is 21.1. The van der Waals surface area contributed by atoms with Gasteiger partial charge >= 0.3 is 0 Å². The number of halogens is 1. The fraction of sp³-hybridized carbons (Fsp3) is 0.647. The molecule has 0 aliphatic heterocycles. The Balaban J connectivity index is 2.79. The lowest BCUT2D eigenvalue weighted by Gasteiger charge is -2.25. The standard InChI is InChI=1S/C17H26ClNO3S/c1-4-14(19-22-8-6-7-18)17-15(20)10-13(11-16(17)21)9-12(3)23-5-2/h6-7,12-13,20H,4-5,8-11H2,1-3H3/b7-6+,19-14+/t12-,13?/m0/s1. The van der Waals surface area contributed by atoms with Gasteiger partial charge in [-0.2, -0.15) is 11.8 Å². The zero-order chi connectivity index (χ0) is 17.2. The van der Waals surface area contributed by atoms with E-state index in [1.807, 2.05) is 18.7 Å². The van der Waals surface area contributed by atoms with Crippen LogP contribution in [0.4, 0.5) is 0 Å². The molecule has 6 heteroatoms. The van der Waals surface area contributed by atoms with Crippen LogP contribution in [0.2, 0.25) is 0 Å². The fourth-order valence-corrected chi connectivity index (χ4v) is 3.82. The summed E-state index contributed by atoms with van der Waals surface area (Å²) in [6.07, 6.45) is 4.09. The summed E-state index contributed by atoms with van der Waals surface area (Å²) in [5, 5.41) is 14.8. The highest BCUT2D eigenvalue weighted by Gasteiger charge is 2.31. The Kier molecular flexibility index (Phi) is 9.41. The third-order valence-electron chi connectivity index (χ3n) is 3.70. The van der Waals surface area contributed by atoms with Crippen molar-refractivity contribution in [2.75, 3.05) is 12.4 Å². The minimum atomic E-state index is -0.0375. The lowest BCUT2D eigenvalue weighted by Crippen LogP contribution is -2.26. The van der Waals surface area contributed by atoms with Gasteiger partial charge in [0.1, 0.15) is 12.4 Å². The number of hydrogen-bond acceptors (Lipinski definition) is 5. The molecule has 0 saturated heterocycles. The number of thioether (sulfide) groups is 1. The number of ketones is 1. The van der Waals surface area contributed by atoms with Gasteiger partial charge in [0.15, 0.2) is 5.78 Å². The van der Waals surface area contributed by atoms with E-state index in [2.05, 4.69) is 19.0 Å². The molecule has 1 aliphatic carbocycles. The van der Waals surface area contributed by atoms with Crippen LogP contribution in [0.1, 0.15) is 46.5 Å². The lowest BCUT2D eigenvalue weighted by molar-refractivity contribution is -0.116. The first kappa shape index (κ1) is 20.1. The first-order valence-corrected chi connectivity index (χ1v) is 9.53. The lowest BCUT2D eigenvalue weighted by atomic mass is 9.82. The van der Waals surface area contributed by atoms with Crippen molar-refractivity contribution in [2.45, 2.75) is 51.7 Å². The predicted octanol–water partition coefficient (Wildman–Crippen LogP) is 4.84. The number of carbonyl (C=O) groups is 1. The van der Waals surface area contributed by atoms with E-state index in [4.69, 9.17) is 16.4 Å². The predicted molar refractivity (Wildman–Crippen MR) is 98.3 cm³/mol. The summed E-state index contributed by atoms with van der Waals surface area (Å²) in [6, 6.07) is 0. The first-order chi connectivity index (χ1) is 11.0. The number of allylic oxidation sites excluding steroid dienone is 2. The molecular formula is C17H26ClNO3S. The van der Waals surface area contributed by atoms with Crippen LogP contribution in [0.15, 0.2) is 28.1 Å². The Bertz CT molecular complexity index is 488. The molecule has 0 bridgehead atoms. The van der Waals surface area contributed by atoms with E-state index in [1.54, 1.807) is 6.08 Å². The van der Waals surface area contributed by atoms with Crippen molar-refractivity contribution in [1.82, 2.24) is 0 Å². The summed E-state index contributed by atoms with van der Waals surface area (Å²) in [5.41, 5.74) is 2.20.